The molecule has 1 heterocycles. The minimum atomic E-state index is 0.377. The number of hydrogen-bond acceptors (Lipinski definition) is 2. The van der Waals surface area contributed by atoms with Gasteiger partial charge in [0.05, 0.1) is 6.10 Å². The lowest BCUT2D eigenvalue weighted by Gasteiger charge is -2.27. The van der Waals surface area contributed by atoms with E-state index >= 15 is 0 Å². The third-order valence-electron chi connectivity index (χ3n) is 4.50. The zero-order valence-corrected chi connectivity index (χ0v) is 12.2. The van der Waals surface area contributed by atoms with Crippen molar-refractivity contribution in [2.45, 2.75) is 44.6 Å². The summed E-state index contributed by atoms with van der Waals surface area (Å²) in [5, 5.41) is 0. The Morgan fingerprint density at radius 1 is 0.857 bits per heavy atom. The molecule has 2 heteroatoms. The molecule has 2 aromatic carbocycles. The number of para-hydroxylation sites is 1. The summed E-state index contributed by atoms with van der Waals surface area (Å²) in [5.74, 6) is 2.93. The van der Waals surface area contributed by atoms with Gasteiger partial charge in [-0.25, -0.2) is 0 Å². The van der Waals surface area contributed by atoms with Gasteiger partial charge in [-0.05, 0) is 49.4 Å². The van der Waals surface area contributed by atoms with Gasteiger partial charge in [-0.15, -0.1) is 0 Å². The summed E-state index contributed by atoms with van der Waals surface area (Å²) in [7, 11) is 0. The molecule has 0 atom stereocenters. The number of benzene rings is 2. The third-order valence-corrected chi connectivity index (χ3v) is 4.50. The number of rotatable bonds is 2. The van der Waals surface area contributed by atoms with Crippen LogP contribution in [0.25, 0.3) is 0 Å². The van der Waals surface area contributed by atoms with Gasteiger partial charge in [-0.2, -0.15) is 0 Å². The number of hydrogen-bond donors (Lipinski definition) is 0. The van der Waals surface area contributed by atoms with Crippen LogP contribution in [-0.2, 0) is 6.42 Å². The molecule has 0 unspecified atom stereocenters. The van der Waals surface area contributed by atoms with Crippen molar-refractivity contribution in [2.24, 2.45) is 0 Å². The van der Waals surface area contributed by atoms with E-state index in [9.17, 15) is 0 Å². The third kappa shape index (κ3) is 2.51. The van der Waals surface area contributed by atoms with Crippen molar-refractivity contribution in [1.29, 1.82) is 0 Å². The first-order chi connectivity index (χ1) is 10.4. The average molecular weight is 280 g/mol. The highest BCUT2D eigenvalue weighted by Crippen LogP contribution is 2.41. The van der Waals surface area contributed by atoms with E-state index in [2.05, 4.69) is 18.2 Å². The predicted octanol–water partition coefficient (Wildman–Crippen LogP) is 5.09. The average Bonchev–Trinajstić information content (AvgIpc) is 2.54. The molecule has 4 rings (SSSR count). The van der Waals surface area contributed by atoms with Crippen LogP contribution in [0.5, 0.6) is 17.2 Å². The molecule has 2 aliphatic rings. The zero-order chi connectivity index (χ0) is 14.1. The molecule has 0 spiro atoms. The zero-order valence-electron chi connectivity index (χ0n) is 12.2. The van der Waals surface area contributed by atoms with Crippen LogP contribution in [-0.4, -0.2) is 6.10 Å². The molecule has 1 fully saturated rings. The molecule has 1 aliphatic carbocycles. The van der Waals surface area contributed by atoms with E-state index in [-0.39, 0.29) is 0 Å². The Balaban J connectivity index is 1.63. The molecule has 0 N–H and O–H groups in total. The molecule has 0 amide bonds. The van der Waals surface area contributed by atoms with Crippen LogP contribution in [0.4, 0.5) is 0 Å². The van der Waals surface area contributed by atoms with Crippen molar-refractivity contribution >= 4 is 0 Å². The standard InChI is InChI=1S/C19H20O2/c1-2-8-15(9-3-1)20-18-11-6-12-19-16(18)13-14-7-4-5-10-17(14)21-19/h4-7,10-12,15H,1-3,8-9,13H2. The van der Waals surface area contributed by atoms with E-state index < -0.39 is 0 Å². The summed E-state index contributed by atoms with van der Waals surface area (Å²) in [6.45, 7) is 0. The van der Waals surface area contributed by atoms with Gasteiger partial charge in [0.25, 0.3) is 0 Å². The molecule has 1 aliphatic heterocycles. The Morgan fingerprint density at radius 3 is 2.57 bits per heavy atom. The Morgan fingerprint density at radius 2 is 1.67 bits per heavy atom. The fourth-order valence-corrected chi connectivity index (χ4v) is 3.35. The van der Waals surface area contributed by atoms with Crippen molar-refractivity contribution in [3.05, 3.63) is 53.6 Å². The van der Waals surface area contributed by atoms with Gasteiger partial charge >= 0.3 is 0 Å². The second kappa shape index (κ2) is 5.44. The van der Waals surface area contributed by atoms with Crippen LogP contribution in [0.1, 0.15) is 43.2 Å². The first-order valence-corrected chi connectivity index (χ1v) is 7.94. The van der Waals surface area contributed by atoms with Crippen molar-refractivity contribution in [1.82, 2.24) is 0 Å². The maximum atomic E-state index is 6.29. The lowest BCUT2D eigenvalue weighted by Crippen LogP contribution is -2.20. The molecule has 21 heavy (non-hydrogen) atoms. The van der Waals surface area contributed by atoms with Crippen molar-refractivity contribution in [3.8, 4) is 17.2 Å². The summed E-state index contributed by atoms with van der Waals surface area (Å²) in [6.07, 6.45) is 7.57. The van der Waals surface area contributed by atoms with Gasteiger partial charge in [-0.3, -0.25) is 0 Å². The normalized spacial score (nSPS) is 17.5. The largest absolute Gasteiger partial charge is 0.490 e. The Kier molecular flexibility index (Phi) is 3.30. The number of ether oxygens (including phenoxy) is 2. The molecule has 0 radical (unpaired) electrons. The van der Waals surface area contributed by atoms with Crippen LogP contribution in [0.15, 0.2) is 42.5 Å². The predicted molar refractivity (Wildman–Crippen MR) is 83.3 cm³/mol. The SMILES string of the molecule is c1ccc2c(c1)Cc1c(cccc1OC1CCCCC1)O2. The van der Waals surface area contributed by atoms with Crippen LogP contribution >= 0.6 is 0 Å². The molecule has 108 valence electrons. The first-order valence-electron chi connectivity index (χ1n) is 7.94. The molecule has 0 bridgehead atoms. The monoisotopic (exact) mass is 280 g/mol. The summed E-state index contributed by atoms with van der Waals surface area (Å²) >= 11 is 0. The number of fused-ring (bicyclic) bond motifs is 2. The minimum absolute atomic E-state index is 0.377. The lowest BCUT2D eigenvalue weighted by molar-refractivity contribution is 0.153. The van der Waals surface area contributed by atoms with Gasteiger partial charge in [0.1, 0.15) is 17.2 Å². The molecule has 2 nitrogen and oxygen atoms in total. The van der Waals surface area contributed by atoms with E-state index in [1.165, 1.54) is 43.2 Å². The second-order valence-electron chi connectivity index (χ2n) is 6.00. The first kappa shape index (κ1) is 12.8. The van der Waals surface area contributed by atoms with Gasteiger partial charge in [0, 0.05) is 12.0 Å². The van der Waals surface area contributed by atoms with Gasteiger partial charge in [-0.1, -0.05) is 30.7 Å². The summed E-state index contributed by atoms with van der Waals surface area (Å²) in [6, 6.07) is 14.4. The lowest BCUT2D eigenvalue weighted by atomic mass is 9.97. The topological polar surface area (TPSA) is 18.5 Å². The van der Waals surface area contributed by atoms with Crippen molar-refractivity contribution < 1.29 is 9.47 Å². The fraction of sp³-hybridized carbons (Fsp3) is 0.368. The minimum Gasteiger partial charge on any atom is -0.490 e. The Hall–Kier alpha value is -1.96. The molecule has 0 saturated heterocycles. The molecule has 2 aromatic rings. The smallest absolute Gasteiger partial charge is 0.134 e. The summed E-state index contributed by atoms with van der Waals surface area (Å²) in [5.41, 5.74) is 2.44. The highest BCUT2D eigenvalue weighted by atomic mass is 16.5. The van der Waals surface area contributed by atoms with E-state index in [4.69, 9.17) is 9.47 Å². The van der Waals surface area contributed by atoms with Crippen LogP contribution in [0.3, 0.4) is 0 Å². The van der Waals surface area contributed by atoms with E-state index in [1.807, 2.05) is 24.3 Å². The molecular weight excluding hydrogens is 260 g/mol. The van der Waals surface area contributed by atoms with Crippen molar-refractivity contribution in [3.63, 3.8) is 0 Å². The van der Waals surface area contributed by atoms with Crippen LogP contribution < -0.4 is 9.47 Å². The van der Waals surface area contributed by atoms with Gasteiger partial charge in [0.15, 0.2) is 0 Å². The Bertz CT molecular complexity index is 642. The second-order valence-corrected chi connectivity index (χ2v) is 6.00. The fourth-order valence-electron chi connectivity index (χ4n) is 3.35. The maximum Gasteiger partial charge on any atom is 0.134 e. The van der Waals surface area contributed by atoms with Gasteiger partial charge < -0.3 is 9.47 Å². The van der Waals surface area contributed by atoms with E-state index in [0.29, 0.717) is 6.10 Å². The van der Waals surface area contributed by atoms with E-state index in [1.54, 1.807) is 0 Å². The molecular formula is C19H20O2. The molecule has 1 saturated carbocycles. The van der Waals surface area contributed by atoms with E-state index in [0.717, 1.165) is 23.7 Å². The van der Waals surface area contributed by atoms with Crippen molar-refractivity contribution in [2.75, 3.05) is 0 Å². The summed E-state index contributed by atoms with van der Waals surface area (Å²) in [4.78, 5) is 0. The summed E-state index contributed by atoms with van der Waals surface area (Å²) < 4.78 is 12.3. The molecule has 0 aromatic heterocycles. The van der Waals surface area contributed by atoms with Crippen LogP contribution in [0.2, 0.25) is 0 Å². The van der Waals surface area contributed by atoms with Gasteiger partial charge in [0.2, 0.25) is 0 Å². The van der Waals surface area contributed by atoms with Crippen LogP contribution in [0, 0.1) is 0 Å². The maximum absolute atomic E-state index is 6.29. The quantitative estimate of drug-likeness (QED) is 0.650. The Labute approximate surface area is 125 Å². The highest BCUT2D eigenvalue weighted by molar-refractivity contribution is 5.54. The highest BCUT2D eigenvalue weighted by Gasteiger charge is 2.22.